The minimum atomic E-state index is 0.463. The Kier molecular flexibility index (Phi) is 3.34. The highest BCUT2D eigenvalue weighted by molar-refractivity contribution is 9.10. The van der Waals surface area contributed by atoms with Gasteiger partial charge in [-0.25, -0.2) is 0 Å². The summed E-state index contributed by atoms with van der Waals surface area (Å²) in [7, 11) is 0. The van der Waals surface area contributed by atoms with Crippen molar-refractivity contribution in [2.24, 2.45) is 0 Å². The zero-order valence-electron chi connectivity index (χ0n) is 9.29. The van der Waals surface area contributed by atoms with Crippen LogP contribution < -0.4 is 4.74 Å². The van der Waals surface area contributed by atoms with Gasteiger partial charge >= 0.3 is 0 Å². The molecule has 0 N–H and O–H groups in total. The maximum atomic E-state index is 5.69. The van der Waals surface area contributed by atoms with Crippen molar-refractivity contribution in [3.63, 3.8) is 0 Å². The number of aryl methyl sites for hydroxylation is 2. The molecule has 16 heavy (non-hydrogen) atoms. The van der Waals surface area contributed by atoms with Crippen LogP contribution >= 0.6 is 15.9 Å². The van der Waals surface area contributed by atoms with Crippen LogP contribution in [0.2, 0.25) is 0 Å². The molecule has 0 bridgehead atoms. The third-order valence-electron chi connectivity index (χ3n) is 2.32. The van der Waals surface area contributed by atoms with E-state index in [1.165, 1.54) is 0 Å². The van der Waals surface area contributed by atoms with Gasteiger partial charge in [-0.1, -0.05) is 22.0 Å². The first kappa shape index (κ1) is 11.3. The second-order valence-electron chi connectivity index (χ2n) is 3.71. The fourth-order valence-electron chi connectivity index (χ4n) is 1.44. The second-order valence-corrected chi connectivity index (χ2v) is 4.63. The summed E-state index contributed by atoms with van der Waals surface area (Å²) in [5, 5.41) is 0. The number of halogens is 1. The molecule has 2 aromatic rings. The van der Waals surface area contributed by atoms with Crippen molar-refractivity contribution in [1.82, 2.24) is 0 Å². The molecule has 0 radical (unpaired) electrons. The maximum Gasteiger partial charge on any atom is 0.146 e. The van der Waals surface area contributed by atoms with Crippen LogP contribution in [0.15, 0.2) is 39.2 Å². The number of furan rings is 1. The van der Waals surface area contributed by atoms with E-state index in [0.29, 0.717) is 6.61 Å². The lowest BCUT2D eigenvalue weighted by molar-refractivity contribution is 0.266. The van der Waals surface area contributed by atoms with Gasteiger partial charge in [0.1, 0.15) is 23.9 Å². The Morgan fingerprint density at radius 2 is 2.00 bits per heavy atom. The van der Waals surface area contributed by atoms with Crippen molar-refractivity contribution < 1.29 is 9.15 Å². The Labute approximate surface area is 103 Å². The van der Waals surface area contributed by atoms with Gasteiger partial charge in [0.05, 0.1) is 0 Å². The summed E-state index contributed by atoms with van der Waals surface area (Å²) in [6.07, 6.45) is 0. The van der Waals surface area contributed by atoms with Gasteiger partial charge in [0, 0.05) is 4.47 Å². The first-order chi connectivity index (χ1) is 7.65. The molecule has 0 atom stereocenters. The summed E-state index contributed by atoms with van der Waals surface area (Å²) < 4.78 is 12.1. The predicted octanol–water partition coefficient (Wildman–Crippen LogP) is 4.24. The van der Waals surface area contributed by atoms with Gasteiger partial charge < -0.3 is 9.15 Å². The van der Waals surface area contributed by atoms with E-state index in [-0.39, 0.29) is 0 Å². The van der Waals surface area contributed by atoms with Gasteiger partial charge in [-0.2, -0.15) is 0 Å². The summed E-state index contributed by atoms with van der Waals surface area (Å²) in [5.41, 5.74) is 1.12. The number of hydrogen-bond acceptors (Lipinski definition) is 2. The highest BCUT2D eigenvalue weighted by Gasteiger charge is 2.03. The Hall–Kier alpha value is -1.22. The van der Waals surface area contributed by atoms with E-state index in [2.05, 4.69) is 15.9 Å². The molecular formula is C13H13BrO2. The molecule has 0 saturated carbocycles. The third kappa shape index (κ3) is 2.67. The highest BCUT2D eigenvalue weighted by atomic mass is 79.9. The molecule has 0 amide bonds. The summed E-state index contributed by atoms with van der Waals surface area (Å²) in [6, 6.07) is 9.85. The van der Waals surface area contributed by atoms with Crippen LogP contribution in [0.3, 0.4) is 0 Å². The van der Waals surface area contributed by atoms with Gasteiger partial charge in [-0.15, -0.1) is 0 Å². The normalized spacial score (nSPS) is 10.4. The lowest BCUT2D eigenvalue weighted by atomic mass is 10.2. The van der Waals surface area contributed by atoms with Crippen LogP contribution in [0.4, 0.5) is 0 Å². The van der Waals surface area contributed by atoms with Crippen LogP contribution in [0, 0.1) is 13.8 Å². The minimum Gasteiger partial charge on any atom is -0.485 e. The topological polar surface area (TPSA) is 22.4 Å². The predicted molar refractivity (Wildman–Crippen MR) is 66.7 cm³/mol. The standard InChI is InChI=1S/C13H13BrO2/c1-9-3-5-11(14)7-13(9)15-8-12-6-4-10(2)16-12/h3-7H,8H2,1-2H3. The maximum absolute atomic E-state index is 5.69. The van der Waals surface area contributed by atoms with Gasteiger partial charge in [-0.3, -0.25) is 0 Å². The molecule has 84 valence electrons. The Morgan fingerprint density at radius 3 is 2.69 bits per heavy atom. The van der Waals surface area contributed by atoms with Gasteiger partial charge in [0.15, 0.2) is 0 Å². The van der Waals surface area contributed by atoms with Crippen LogP contribution in [-0.4, -0.2) is 0 Å². The molecule has 0 saturated heterocycles. The number of rotatable bonds is 3. The zero-order chi connectivity index (χ0) is 11.5. The molecular weight excluding hydrogens is 268 g/mol. The molecule has 0 spiro atoms. The van der Waals surface area contributed by atoms with Crippen molar-refractivity contribution >= 4 is 15.9 Å². The van der Waals surface area contributed by atoms with E-state index < -0.39 is 0 Å². The minimum absolute atomic E-state index is 0.463. The lowest BCUT2D eigenvalue weighted by Gasteiger charge is -2.07. The molecule has 0 aliphatic heterocycles. The zero-order valence-corrected chi connectivity index (χ0v) is 10.9. The SMILES string of the molecule is Cc1ccc(COc2cc(Br)ccc2C)o1. The summed E-state index contributed by atoms with van der Waals surface area (Å²) in [5.74, 6) is 2.63. The molecule has 0 aliphatic carbocycles. The Bertz CT molecular complexity index is 488. The summed E-state index contributed by atoms with van der Waals surface area (Å²) in [6.45, 7) is 4.41. The smallest absolute Gasteiger partial charge is 0.146 e. The molecule has 2 rings (SSSR count). The van der Waals surface area contributed by atoms with Crippen molar-refractivity contribution in [3.8, 4) is 5.75 Å². The quantitative estimate of drug-likeness (QED) is 0.839. The molecule has 3 heteroatoms. The van der Waals surface area contributed by atoms with Crippen molar-refractivity contribution in [2.75, 3.05) is 0 Å². The first-order valence-electron chi connectivity index (χ1n) is 5.09. The van der Waals surface area contributed by atoms with Gasteiger partial charge in [0.25, 0.3) is 0 Å². The van der Waals surface area contributed by atoms with E-state index in [4.69, 9.17) is 9.15 Å². The number of benzene rings is 1. The molecule has 1 heterocycles. The molecule has 0 aliphatic rings. The van der Waals surface area contributed by atoms with Crippen LogP contribution in [0.5, 0.6) is 5.75 Å². The van der Waals surface area contributed by atoms with E-state index in [9.17, 15) is 0 Å². The molecule has 2 nitrogen and oxygen atoms in total. The molecule has 1 aromatic carbocycles. The number of ether oxygens (including phenoxy) is 1. The molecule has 0 unspecified atom stereocenters. The van der Waals surface area contributed by atoms with Crippen molar-refractivity contribution in [2.45, 2.75) is 20.5 Å². The van der Waals surface area contributed by atoms with Crippen LogP contribution in [0.1, 0.15) is 17.1 Å². The molecule has 1 aromatic heterocycles. The highest BCUT2D eigenvalue weighted by Crippen LogP contribution is 2.24. The average Bonchev–Trinajstić information content (AvgIpc) is 2.66. The van der Waals surface area contributed by atoms with E-state index >= 15 is 0 Å². The van der Waals surface area contributed by atoms with E-state index in [0.717, 1.165) is 27.3 Å². The van der Waals surface area contributed by atoms with E-state index in [1.807, 2.05) is 44.2 Å². The summed E-state index contributed by atoms with van der Waals surface area (Å²) in [4.78, 5) is 0. The monoisotopic (exact) mass is 280 g/mol. The molecule has 0 fully saturated rings. The Balaban J connectivity index is 2.07. The summed E-state index contributed by atoms with van der Waals surface area (Å²) >= 11 is 3.42. The van der Waals surface area contributed by atoms with Crippen LogP contribution in [0.25, 0.3) is 0 Å². The van der Waals surface area contributed by atoms with Gasteiger partial charge in [-0.05, 0) is 43.7 Å². The van der Waals surface area contributed by atoms with Crippen molar-refractivity contribution in [1.29, 1.82) is 0 Å². The third-order valence-corrected chi connectivity index (χ3v) is 2.81. The van der Waals surface area contributed by atoms with Gasteiger partial charge in [0.2, 0.25) is 0 Å². The van der Waals surface area contributed by atoms with E-state index in [1.54, 1.807) is 0 Å². The van der Waals surface area contributed by atoms with Crippen molar-refractivity contribution in [3.05, 3.63) is 51.9 Å². The average molecular weight is 281 g/mol. The largest absolute Gasteiger partial charge is 0.485 e. The van der Waals surface area contributed by atoms with Crippen LogP contribution in [-0.2, 0) is 6.61 Å². The lowest BCUT2D eigenvalue weighted by Crippen LogP contribution is -1.95. The fourth-order valence-corrected chi connectivity index (χ4v) is 1.78. The fraction of sp³-hybridized carbons (Fsp3) is 0.231. The first-order valence-corrected chi connectivity index (χ1v) is 5.89. The number of hydrogen-bond donors (Lipinski definition) is 0. The second kappa shape index (κ2) is 4.74. The Morgan fingerprint density at radius 1 is 1.19 bits per heavy atom.